The van der Waals surface area contributed by atoms with Crippen LogP contribution in [0.5, 0.6) is 0 Å². The molecule has 0 saturated heterocycles. The highest BCUT2D eigenvalue weighted by molar-refractivity contribution is 7.98. The molecule has 0 atom stereocenters. The largest absolute Gasteiger partial charge is 0.309 e. The summed E-state index contributed by atoms with van der Waals surface area (Å²) in [5.74, 6) is 1.84. The monoisotopic (exact) mass is 377 g/mol. The molecule has 0 saturated carbocycles. The van der Waals surface area contributed by atoms with E-state index in [1.165, 1.54) is 17.3 Å². The second-order valence-corrected chi connectivity index (χ2v) is 7.23. The van der Waals surface area contributed by atoms with Crippen LogP contribution in [0.3, 0.4) is 0 Å². The molecule has 0 bridgehead atoms. The third-order valence-corrected chi connectivity index (χ3v) is 5.28. The van der Waals surface area contributed by atoms with Crippen molar-refractivity contribution in [3.8, 4) is 11.4 Å². The van der Waals surface area contributed by atoms with Crippen molar-refractivity contribution >= 4 is 22.7 Å². The van der Waals surface area contributed by atoms with Crippen molar-refractivity contribution in [3.63, 3.8) is 0 Å². The lowest BCUT2D eigenvalue weighted by Crippen LogP contribution is -2.11. The molecule has 0 spiro atoms. The van der Waals surface area contributed by atoms with Gasteiger partial charge in [-0.25, -0.2) is 9.97 Å². The van der Waals surface area contributed by atoms with Crippen LogP contribution in [0.1, 0.15) is 23.9 Å². The number of thioether (sulfide) groups is 1. The van der Waals surface area contributed by atoms with Gasteiger partial charge in [0.1, 0.15) is 5.82 Å². The van der Waals surface area contributed by atoms with Gasteiger partial charge in [0.05, 0.1) is 16.7 Å². The van der Waals surface area contributed by atoms with Crippen LogP contribution in [0, 0.1) is 6.92 Å². The third-order valence-electron chi connectivity index (χ3n) is 4.43. The lowest BCUT2D eigenvalue weighted by molar-refractivity contribution is 0.965. The highest BCUT2D eigenvalue weighted by atomic mass is 32.2. The third kappa shape index (κ3) is 3.64. The summed E-state index contributed by atoms with van der Waals surface area (Å²) in [6, 6.07) is 13.9. The van der Waals surface area contributed by atoms with Crippen LogP contribution in [0.2, 0.25) is 0 Å². The molecular formula is C20H19N5OS. The first-order valence-corrected chi connectivity index (χ1v) is 9.75. The van der Waals surface area contributed by atoms with Gasteiger partial charge >= 0.3 is 0 Å². The minimum atomic E-state index is -0.119. The van der Waals surface area contributed by atoms with Gasteiger partial charge in [-0.3, -0.25) is 9.89 Å². The van der Waals surface area contributed by atoms with Crippen LogP contribution in [-0.2, 0) is 12.2 Å². The van der Waals surface area contributed by atoms with Gasteiger partial charge in [-0.1, -0.05) is 55.1 Å². The van der Waals surface area contributed by atoms with E-state index in [0.717, 1.165) is 28.9 Å². The molecule has 0 amide bonds. The maximum atomic E-state index is 12.3. The zero-order valence-electron chi connectivity index (χ0n) is 15.1. The van der Waals surface area contributed by atoms with Crippen molar-refractivity contribution in [2.45, 2.75) is 31.2 Å². The number of rotatable bonds is 5. The summed E-state index contributed by atoms with van der Waals surface area (Å²) in [7, 11) is 0. The molecule has 2 aromatic carbocycles. The maximum Gasteiger partial charge on any atom is 0.258 e. The van der Waals surface area contributed by atoms with E-state index in [1.807, 2.05) is 31.2 Å². The molecule has 0 aliphatic heterocycles. The van der Waals surface area contributed by atoms with Gasteiger partial charge in [0.25, 0.3) is 5.56 Å². The average Bonchev–Trinajstić information content (AvgIpc) is 3.16. The maximum absolute atomic E-state index is 12.3. The Morgan fingerprint density at radius 1 is 1.07 bits per heavy atom. The van der Waals surface area contributed by atoms with Crippen molar-refractivity contribution in [2.24, 2.45) is 0 Å². The molecule has 2 N–H and O–H groups in total. The van der Waals surface area contributed by atoms with Crippen LogP contribution in [0.25, 0.3) is 22.3 Å². The van der Waals surface area contributed by atoms with E-state index in [-0.39, 0.29) is 5.56 Å². The van der Waals surface area contributed by atoms with Crippen LogP contribution < -0.4 is 5.56 Å². The Morgan fingerprint density at radius 3 is 2.67 bits per heavy atom. The van der Waals surface area contributed by atoms with Crippen molar-refractivity contribution in [1.29, 1.82) is 0 Å². The molecule has 7 heteroatoms. The lowest BCUT2D eigenvalue weighted by Gasteiger charge is -2.03. The first kappa shape index (κ1) is 17.5. The number of hydrogen-bond donors (Lipinski definition) is 2. The molecule has 136 valence electrons. The van der Waals surface area contributed by atoms with E-state index < -0.39 is 0 Å². The summed E-state index contributed by atoms with van der Waals surface area (Å²) in [6.07, 6.45) is 1.01. The minimum Gasteiger partial charge on any atom is -0.309 e. The number of nitrogens with zero attached hydrogens (tertiary/aromatic N) is 3. The van der Waals surface area contributed by atoms with Gasteiger partial charge in [0.2, 0.25) is 5.16 Å². The Kier molecular flexibility index (Phi) is 4.77. The first-order chi connectivity index (χ1) is 13.1. The summed E-state index contributed by atoms with van der Waals surface area (Å²) in [6.45, 7) is 4.09. The molecule has 2 aromatic heterocycles. The number of nitrogens with one attached hydrogen (secondary N) is 2. The van der Waals surface area contributed by atoms with Crippen molar-refractivity contribution in [2.75, 3.05) is 0 Å². The van der Waals surface area contributed by atoms with E-state index in [0.29, 0.717) is 22.1 Å². The van der Waals surface area contributed by atoms with Crippen LogP contribution >= 0.6 is 11.8 Å². The predicted molar refractivity (Wildman–Crippen MR) is 108 cm³/mol. The number of benzene rings is 2. The SMILES string of the molecule is CCc1ccc(-c2nc(SCc3nc4c(C)cccc4c(=O)[nH]3)n[nH]2)cc1. The number of H-pyrrole nitrogens is 2. The molecule has 0 fully saturated rings. The molecule has 6 nitrogen and oxygen atoms in total. The van der Waals surface area contributed by atoms with Crippen LogP contribution in [0.15, 0.2) is 52.4 Å². The number of fused-ring (bicyclic) bond motifs is 1. The summed E-state index contributed by atoms with van der Waals surface area (Å²) in [4.78, 5) is 24.2. The highest BCUT2D eigenvalue weighted by Crippen LogP contribution is 2.22. The molecule has 0 unspecified atom stereocenters. The first-order valence-electron chi connectivity index (χ1n) is 8.77. The number of hydrogen-bond acceptors (Lipinski definition) is 5. The topological polar surface area (TPSA) is 87.3 Å². The Morgan fingerprint density at radius 2 is 1.89 bits per heavy atom. The van der Waals surface area contributed by atoms with Gasteiger partial charge in [-0.2, -0.15) is 0 Å². The van der Waals surface area contributed by atoms with Gasteiger partial charge < -0.3 is 4.98 Å². The Labute approximate surface area is 160 Å². The molecule has 0 aliphatic carbocycles. The van der Waals surface area contributed by atoms with E-state index in [4.69, 9.17) is 0 Å². The smallest absolute Gasteiger partial charge is 0.258 e. The number of aromatic amines is 2. The van der Waals surface area contributed by atoms with Crippen molar-refractivity contribution in [3.05, 3.63) is 69.8 Å². The second kappa shape index (κ2) is 7.36. The summed E-state index contributed by atoms with van der Waals surface area (Å²) < 4.78 is 0. The zero-order valence-corrected chi connectivity index (χ0v) is 15.9. The molecule has 4 aromatic rings. The molecule has 2 heterocycles. The van der Waals surface area contributed by atoms with E-state index >= 15 is 0 Å². The van der Waals surface area contributed by atoms with E-state index in [2.05, 4.69) is 44.2 Å². The molecule has 0 aliphatic rings. The number of aromatic nitrogens is 5. The Hall–Kier alpha value is -2.93. The van der Waals surface area contributed by atoms with Gasteiger partial charge in [-0.05, 0) is 30.5 Å². The van der Waals surface area contributed by atoms with Gasteiger partial charge in [0, 0.05) is 5.56 Å². The molecular weight excluding hydrogens is 358 g/mol. The highest BCUT2D eigenvalue weighted by Gasteiger charge is 2.10. The van der Waals surface area contributed by atoms with Crippen molar-refractivity contribution < 1.29 is 0 Å². The van der Waals surface area contributed by atoms with Crippen LogP contribution in [-0.4, -0.2) is 25.1 Å². The van der Waals surface area contributed by atoms with Gasteiger partial charge in [0.15, 0.2) is 5.82 Å². The standard InChI is InChI=1S/C20H19N5OS/c1-3-13-7-9-14(10-8-13)18-23-20(25-24-18)27-11-16-21-17-12(2)5-4-6-15(17)19(26)22-16/h4-10H,3,11H2,1-2H3,(H,21,22,26)(H,23,24,25). The normalized spacial score (nSPS) is 11.2. The number of para-hydroxylation sites is 1. The van der Waals surface area contributed by atoms with E-state index in [9.17, 15) is 4.79 Å². The summed E-state index contributed by atoms with van der Waals surface area (Å²) in [5, 5.41) is 8.46. The second-order valence-electron chi connectivity index (χ2n) is 6.29. The zero-order chi connectivity index (χ0) is 18.8. The molecule has 27 heavy (non-hydrogen) atoms. The van der Waals surface area contributed by atoms with Gasteiger partial charge in [-0.15, -0.1) is 5.10 Å². The fourth-order valence-electron chi connectivity index (χ4n) is 2.89. The fourth-order valence-corrected chi connectivity index (χ4v) is 3.56. The molecule has 0 radical (unpaired) electrons. The fraction of sp³-hybridized carbons (Fsp3) is 0.200. The summed E-state index contributed by atoms with van der Waals surface area (Å²) >= 11 is 1.43. The number of aryl methyl sites for hydroxylation is 2. The van der Waals surface area contributed by atoms with E-state index in [1.54, 1.807) is 6.07 Å². The minimum absolute atomic E-state index is 0.119. The van der Waals surface area contributed by atoms with Crippen LogP contribution in [0.4, 0.5) is 0 Å². The Bertz CT molecular complexity index is 1150. The Balaban J connectivity index is 1.52. The quantitative estimate of drug-likeness (QED) is 0.516. The summed E-state index contributed by atoms with van der Waals surface area (Å²) in [5.41, 5.74) is 3.89. The van der Waals surface area contributed by atoms with Crippen molar-refractivity contribution in [1.82, 2.24) is 25.1 Å². The lowest BCUT2D eigenvalue weighted by atomic mass is 10.1. The molecule has 4 rings (SSSR count). The average molecular weight is 377 g/mol. The predicted octanol–water partition coefficient (Wildman–Crippen LogP) is 3.87.